The number of benzene rings is 1. The van der Waals surface area contributed by atoms with Gasteiger partial charge in [-0.2, -0.15) is 0 Å². The molecule has 1 aromatic carbocycles. The molecule has 0 amide bonds. The number of nitrogens with zero attached hydrogens (tertiary/aromatic N) is 1. The predicted molar refractivity (Wildman–Crippen MR) is 67.8 cm³/mol. The fourth-order valence-corrected chi connectivity index (χ4v) is 1.83. The number of aromatic hydroxyl groups is 1. The van der Waals surface area contributed by atoms with Gasteiger partial charge in [0, 0.05) is 11.3 Å². The highest BCUT2D eigenvalue weighted by atomic mass is 16.4. The van der Waals surface area contributed by atoms with Crippen molar-refractivity contribution in [1.82, 2.24) is 4.98 Å². The van der Waals surface area contributed by atoms with Gasteiger partial charge in [-0.05, 0) is 25.5 Å². The van der Waals surface area contributed by atoms with E-state index in [-0.39, 0.29) is 5.56 Å². The third-order valence-corrected chi connectivity index (χ3v) is 2.70. The van der Waals surface area contributed by atoms with Gasteiger partial charge in [0.2, 0.25) is 5.88 Å². The maximum absolute atomic E-state index is 11.2. The summed E-state index contributed by atoms with van der Waals surface area (Å²) in [7, 11) is 0. The van der Waals surface area contributed by atoms with E-state index in [4.69, 9.17) is 5.11 Å². The van der Waals surface area contributed by atoms with Crippen molar-refractivity contribution >= 4 is 5.97 Å². The Morgan fingerprint density at radius 3 is 2.33 bits per heavy atom. The maximum atomic E-state index is 11.2. The molecule has 0 radical (unpaired) electrons. The molecular weight excluding hydrogens is 230 g/mol. The number of carbonyl (C=O) groups is 1. The van der Waals surface area contributed by atoms with E-state index in [9.17, 15) is 9.90 Å². The summed E-state index contributed by atoms with van der Waals surface area (Å²) in [5.41, 5.74) is 2.73. The zero-order chi connectivity index (χ0) is 13.3. The van der Waals surface area contributed by atoms with Crippen LogP contribution in [0.4, 0.5) is 0 Å². The molecule has 92 valence electrons. The van der Waals surface area contributed by atoms with Gasteiger partial charge in [0.15, 0.2) is 0 Å². The SMILES string of the molecule is Cc1ccc(-c2cc(C)nc(O)c2C(=O)O)cc1. The molecule has 2 N–H and O–H groups in total. The van der Waals surface area contributed by atoms with Crippen LogP contribution in [0.15, 0.2) is 30.3 Å². The minimum Gasteiger partial charge on any atom is -0.493 e. The fourth-order valence-electron chi connectivity index (χ4n) is 1.83. The minimum atomic E-state index is -1.18. The predicted octanol–water partition coefficient (Wildman–Crippen LogP) is 2.77. The molecule has 0 aliphatic heterocycles. The standard InChI is InChI=1S/C14H13NO3/c1-8-3-5-10(6-4-8)11-7-9(2)15-13(16)12(11)14(17)18/h3-7H,1-2H3,(H,15,16)(H,17,18). The molecule has 0 unspecified atom stereocenters. The molecule has 0 atom stereocenters. The van der Waals surface area contributed by atoms with Crippen molar-refractivity contribution in [2.45, 2.75) is 13.8 Å². The van der Waals surface area contributed by atoms with Crippen LogP contribution in [-0.4, -0.2) is 21.2 Å². The van der Waals surface area contributed by atoms with Crippen LogP contribution in [0.2, 0.25) is 0 Å². The number of aromatic nitrogens is 1. The highest BCUT2D eigenvalue weighted by Gasteiger charge is 2.18. The molecule has 0 spiro atoms. The number of pyridine rings is 1. The third-order valence-electron chi connectivity index (χ3n) is 2.70. The summed E-state index contributed by atoms with van der Waals surface area (Å²) in [6, 6.07) is 9.11. The summed E-state index contributed by atoms with van der Waals surface area (Å²) in [4.78, 5) is 15.0. The van der Waals surface area contributed by atoms with Crippen molar-refractivity contribution in [2.24, 2.45) is 0 Å². The molecule has 4 nitrogen and oxygen atoms in total. The highest BCUT2D eigenvalue weighted by Crippen LogP contribution is 2.29. The van der Waals surface area contributed by atoms with Gasteiger partial charge in [0.1, 0.15) is 5.56 Å². The lowest BCUT2D eigenvalue weighted by Gasteiger charge is -2.09. The molecule has 0 fully saturated rings. The van der Waals surface area contributed by atoms with E-state index >= 15 is 0 Å². The molecule has 4 heteroatoms. The maximum Gasteiger partial charge on any atom is 0.341 e. The summed E-state index contributed by atoms with van der Waals surface area (Å²) < 4.78 is 0. The Morgan fingerprint density at radius 1 is 1.17 bits per heavy atom. The Labute approximate surface area is 105 Å². The Balaban J connectivity index is 2.69. The normalized spacial score (nSPS) is 10.3. The number of aromatic carboxylic acids is 1. The molecule has 2 aromatic rings. The van der Waals surface area contributed by atoms with Gasteiger partial charge in [-0.3, -0.25) is 0 Å². The molecule has 0 saturated heterocycles. The van der Waals surface area contributed by atoms with Crippen molar-refractivity contribution in [3.63, 3.8) is 0 Å². The molecule has 0 aliphatic carbocycles. The van der Waals surface area contributed by atoms with E-state index in [2.05, 4.69) is 4.98 Å². The third kappa shape index (κ3) is 2.18. The highest BCUT2D eigenvalue weighted by molar-refractivity contribution is 5.98. The topological polar surface area (TPSA) is 70.4 Å². The Morgan fingerprint density at radius 2 is 1.78 bits per heavy atom. The van der Waals surface area contributed by atoms with E-state index in [0.29, 0.717) is 11.3 Å². The van der Waals surface area contributed by atoms with Gasteiger partial charge in [0.25, 0.3) is 0 Å². The average molecular weight is 243 g/mol. The molecular formula is C14H13NO3. The number of carboxylic acids is 1. The molecule has 1 heterocycles. The lowest BCUT2D eigenvalue weighted by atomic mass is 9.99. The first-order chi connectivity index (χ1) is 8.49. The smallest absolute Gasteiger partial charge is 0.341 e. The van der Waals surface area contributed by atoms with Gasteiger partial charge in [-0.25, -0.2) is 9.78 Å². The Kier molecular flexibility index (Phi) is 3.02. The Bertz CT molecular complexity index is 603. The lowest BCUT2D eigenvalue weighted by Crippen LogP contribution is -2.02. The second kappa shape index (κ2) is 4.49. The van der Waals surface area contributed by atoms with E-state index in [1.807, 2.05) is 31.2 Å². The first-order valence-corrected chi connectivity index (χ1v) is 5.50. The zero-order valence-corrected chi connectivity index (χ0v) is 10.1. The van der Waals surface area contributed by atoms with Crippen molar-refractivity contribution in [1.29, 1.82) is 0 Å². The lowest BCUT2D eigenvalue weighted by molar-refractivity contribution is 0.0694. The minimum absolute atomic E-state index is 0.163. The van der Waals surface area contributed by atoms with Crippen LogP contribution < -0.4 is 0 Å². The number of carboxylic acid groups (broad SMARTS) is 1. The van der Waals surface area contributed by atoms with E-state index in [1.54, 1.807) is 13.0 Å². The summed E-state index contributed by atoms with van der Waals surface area (Å²) >= 11 is 0. The van der Waals surface area contributed by atoms with Crippen LogP contribution in [0.1, 0.15) is 21.6 Å². The second-order valence-corrected chi connectivity index (χ2v) is 4.18. The molecule has 2 rings (SSSR count). The fraction of sp³-hybridized carbons (Fsp3) is 0.143. The zero-order valence-electron chi connectivity index (χ0n) is 10.1. The van der Waals surface area contributed by atoms with Crippen molar-refractivity contribution < 1.29 is 15.0 Å². The van der Waals surface area contributed by atoms with Gasteiger partial charge in [-0.1, -0.05) is 29.8 Å². The molecule has 0 aliphatic rings. The summed E-state index contributed by atoms with van der Waals surface area (Å²) in [6.07, 6.45) is 0. The quantitative estimate of drug-likeness (QED) is 0.850. The van der Waals surface area contributed by atoms with Crippen molar-refractivity contribution in [3.05, 3.63) is 47.2 Å². The number of hydrogen-bond acceptors (Lipinski definition) is 3. The summed E-state index contributed by atoms with van der Waals surface area (Å²) in [5, 5.41) is 18.8. The van der Waals surface area contributed by atoms with Crippen LogP contribution in [0.3, 0.4) is 0 Å². The molecule has 0 saturated carbocycles. The van der Waals surface area contributed by atoms with Gasteiger partial charge >= 0.3 is 5.97 Å². The largest absolute Gasteiger partial charge is 0.493 e. The van der Waals surface area contributed by atoms with Crippen LogP contribution in [0.5, 0.6) is 5.88 Å². The van der Waals surface area contributed by atoms with E-state index in [1.165, 1.54) is 0 Å². The molecule has 1 aromatic heterocycles. The van der Waals surface area contributed by atoms with Gasteiger partial charge in [0.05, 0.1) is 0 Å². The Hall–Kier alpha value is -2.36. The number of hydrogen-bond donors (Lipinski definition) is 2. The molecule has 18 heavy (non-hydrogen) atoms. The van der Waals surface area contributed by atoms with Crippen LogP contribution >= 0.6 is 0 Å². The number of aryl methyl sites for hydroxylation is 2. The first-order valence-electron chi connectivity index (χ1n) is 5.50. The molecule has 0 bridgehead atoms. The summed E-state index contributed by atoms with van der Waals surface area (Å²) in [6.45, 7) is 3.67. The van der Waals surface area contributed by atoms with Gasteiger partial charge in [-0.15, -0.1) is 0 Å². The van der Waals surface area contributed by atoms with Gasteiger partial charge < -0.3 is 10.2 Å². The summed E-state index contributed by atoms with van der Waals surface area (Å²) in [5.74, 6) is -1.63. The van der Waals surface area contributed by atoms with E-state index < -0.39 is 11.8 Å². The second-order valence-electron chi connectivity index (χ2n) is 4.18. The van der Waals surface area contributed by atoms with Crippen molar-refractivity contribution in [3.8, 4) is 17.0 Å². The van der Waals surface area contributed by atoms with Crippen molar-refractivity contribution in [2.75, 3.05) is 0 Å². The van der Waals surface area contributed by atoms with Crippen LogP contribution in [-0.2, 0) is 0 Å². The average Bonchev–Trinajstić information content (AvgIpc) is 2.28. The van der Waals surface area contributed by atoms with Crippen LogP contribution in [0.25, 0.3) is 11.1 Å². The monoisotopic (exact) mass is 243 g/mol. The van der Waals surface area contributed by atoms with E-state index in [0.717, 1.165) is 11.1 Å². The van der Waals surface area contributed by atoms with Crippen LogP contribution in [0, 0.1) is 13.8 Å². The number of rotatable bonds is 2. The first kappa shape index (κ1) is 12.1.